The molecule has 1 unspecified atom stereocenters. The van der Waals surface area contributed by atoms with Crippen LogP contribution in [0.3, 0.4) is 0 Å². The van der Waals surface area contributed by atoms with E-state index in [1.54, 1.807) is 25.3 Å². The van der Waals surface area contributed by atoms with Gasteiger partial charge in [0, 0.05) is 11.1 Å². The molecule has 0 bridgehead atoms. The fourth-order valence-corrected chi connectivity index (χ4v) is 2.46. The Morgan fingerprint density at radius 3 is 2.39 bits per heavy atom. The first kappa shape index (κ1) is 17.2. The molecule has 0 aliphatic heterocycles. The van der Waals surface area contributed by atoms with Gasteiger partial charge in [-0.15, -0.1) is 0 Å². The monoisotopic (exact) mass is 333 g/mol. The van der Waals surface area contributed by atoms with Crippen molar-refractivity contribution in [2.45, 2.75) is 19.4 Å². The summed E-state index contributed by atoms with van der Waals surface area (Å²) in [5.74, 6) is 0.933. The van der Waals surface area contributed by atoms with E-state index < -0.39 is 0 Å². The van der Waals surface area contributed by atoms with E-state index in [0.717, 1.165) is 12.0 Å². The van der Waals surface area contributed by atoms with Crippen LogP contribution in [0.2, 0.25) is 5.02 Å². The maximum Gasteiger partial charge on any atom is 0.255 e. The molecule has 0 spiro atoms. The van der Waals surface area contributed by atoms with E-state index in [-0.39, 0.29) is 11.9 Å². The van der Waals surface area contributed by atoms with E-state index in [1.807, 2.05) is 31.2 Å². The first-order valence-electron chi connectivity index (χ1n) is 7.37. The second-order valence-corrected chi connectivity index (χ2v) is 5.49. The first-order chi connectivity index (χ1) is 11.1. The molecule has 2 aromatic carbocycles. The number of amides is 1. The lowest BCUT2D eigenvalue weighted by Crippen LogP contribution is -2.28. The van der Waals surface area contributed by atoms with Gasteiger partial charge < -0.3 is 14.8 Å². The summed E-state index contributed by atoms with van der Waals surface area (Å²) in [5, 5.41) is 3.70. The summed E-state index contributed by atoms with van der Waals surface area (Å²) >= 11 is 5.91. The van der Waals surface area contributed by atoms with Gasteiger partial charge in [0.15, 0.2) is 0 Å². The number of halogens is 1. The minimum Gasteiger partial charge on any atom is -0.497 e. The topological polar surface area (TPSA) is 47.6 Å². The minimum atomic E-state index is -0.189. The predicted octanol–water partition coefficient (Wildman–Crippen LogP) is 4.24. The van der Waals surface area contributed by atoms with E-state index in [4.69, 9.17) is 21.1 Å². The smallest absolute Gasteiger partial charge is 0.255 e. The van der Waals surface area contributed by atoms with E-state index in [2.05, 4.69) is 5.32 Å². The van der Waals surface area contributed by atoms with Crippen molar-refractivity contribution in [1.29, 1.82) is 0 Å². The van der Waals surface area contributed by atoms with Crippen molar-refractivity contribution >= 4 is 17.5 Å². The SMILES string of the molecule is CCC(NC(=O)c1ccc(OC)cc1OC)c1ccc(Cl)cc1. The Labute approximate surface area is 141 Å². The molecule has 4 nitrogen and oxygen atoms in total. The Hall–Kier alpha value is -2.20. The van der Waals surface area contributed by atoms with Gasteiger partial charge in [0.1, 0.15) is 11.5 Å². The molecule has 0 saturated carbocycles. The van der Waals surface area contributed by atoms with E-state index in [9.17, 15) is 4.79 Å². The second kappa shape index (κ2) is 7.88. The van der Waals surface area contributed by atoms with Crippen LogP contribution >= 0.6 is 11.6 Å². The van der Waals surface area contributed by atoms with Crippen LogP contribution in [0.25, 0.3) is 0 Å². The third-order valence-electron chi connectivity index (χ3n) is 3.64. The maximum atomic E-state index is 12.6. The second-order valence-electron chi connectivity index (χ2n) is 5.05. The number of carbonyl (C=O) groups is 1. The van der Waals surface area contributed by atoms with Gasteiger partial charge >= 0.3 is 0 Å². The van der Waals surface area contributed by atoms with Crippen molar-refractivity contribution in [3.05, 3.63) is 58.6 Å². The molecule has 2 aromatic rings. The van der Waals surface area contributed by atoms with Crippen molar-refractivity contribution < 1.29 is 14.3 Å². The Morgan fingerprint density at radius 1 is 1.13 bits per heavy atom. The van der Waals surface area contributed by atoms with Crippen molar-refractivity contribution in [2.24, 2.45) is 0 Å². The van der Waals surface area contributed by atoms with Gasteiger partial charge in [-0.3, -0.25) is 4.79 Å². The van der Waals surface area contributed by atoms with Crippen LogP contribution in [0.1, 0.15) is 35.3 Å². The van der Waals surface area contributed by atoms with Gasteiger partial charge in [-0.2, -0.15) is 0 Å². The highest BCUT2D eigenvalue weighted by molar-refractivity contribution is 6.30. The van der Waals surface area contributed by atoms with Gasteiger partial charge in [0.25, 0.3) is 5.91 Å². The third kappa shape index (κ3) is 4.17. The van der Waals surface area contributed by atoms with Crippen molar-refractivity contribution in [3.63, 3.8) is 0 Å². The van der Waals surface area contributed by atoms with E-state index in [1.165, 1.54) is 7.11 Å². The molecule has 2 rings (SSSR count). The highest BCUT2D eigenvalue weighted by Gasteiger charge is 2.18. The predicted molar refractivity (Wildman–Crippen MR) is 91.5 cm³/mol. The van der Waals surface area contributed by atoms with Crippen LogP contribution in [0.5, 0.6) is 11.5 Å². The molecule has 0 fully saturated rings. The zero-order valence-electron chi connectivity index (χ0n) is 13.4. The Morgan fingerprint density at radius 2 is 1.83 bits per heavy atom. The maximum absolute atomic E-state index is 12.6. The summed E-state index contributed by atoms with van der Waals surface area (Å²) < 4.78 is 10.4. The molecular weight excluding hydrogens is 314 g/mol. The summed E-state index contributed by atoms with van der Waals surface area (Å²) in [6.45, 7) is 2.02. The summed E-state index contributed by atoms with van der Waals surface area (Å²) in [6, 6.07) is 12.5. The highest BCUT2D eigenvalue weighted by Crippen LogP contribution is 2.26. The number of hydrogen-bond acceptors (Lipinski definition) is 3. The third-order valence-corrected chi connectivity index (χ3v) is 3.89. The first-order valence-corrected chi connectivity index (χ1v) is 7.75. The largest absolute Gasteiger partial charge is 0.497 e. The number of carbonyl (C=O) groups excluding carboxylic acids is 1. The Kier molecular flexibility index (Phi) is 5.88. The molecule has 0 heterocycles. The zero-order valence-corrected chi connectivity index (χ0v) is 14.2. The molecule has 0 aliphatic carbocycles. The average Bonchev–Trinajstić information content (AvgIpc) is 2.59. The van der Waals surface area contributed by atoms with Crippen LogP contribution < -0.4 is 14.8 Å². The van der Waals surface area contributed by atoms with Crippen LogP contribution in [0.15, 0.2) is 42.5 Å². The van der Waals surface area contributed by atoms with E-state index in [0.29, 0.717) is 22.1 Å². The lowest BCUT2D eigenvalue weighted by Gasteiger charge is -2.19. The number of nitrogens with one attached hydrogen (secondary N) is 1. The normalized spacial score (nSPS) is 11.7. The van der Waals surface area contributed by atoms with Crippen LogP contribution in [0, 0.1) is 0 Å². The van der Waals surface area contributed by atoms with Gasteiger partial charge in [0.2, 0.25) is 0 Å². The minimum absolute atomic E-state index is 0.0911. The van der Waals surface area contributed by atoms with Crippen LogP contribution in [-0.2, 0) is 0 Å². The average molecular weight is 334 g/mol. The Bertz CT molecular complexity index is 670. The molecule has 122 valence electrons. The summed E-state index contributed by atoms with van der Waals surface area (Å²) in [6.07, 6.45) is 0.770. The number of methoxy groups -OCH3 is 2. The quantitative estimate of drug-likeness (QED) is 0.860. The highest BCUT2D eigenvalue weighted by atomic mass is 35.5. The van der Waals surface area contributed by atoms with Crippen molar-refractivity contribution in [2.75, 3.05) is 14.2 Å². The number of rotatable bonds is 6. The summed E-state index contributed by atoms with van der Waals surface area (Å²) in [5.41, 5.74) is 1.48. The molecule has 0 aromatic heterocycles. The summed E-state index contributed by atoms with van der Waals surface area (Å²) in [4.78, 5) is 12.6. The van der Waals surface area contributed by atoms with Gasteiger partial charge in [-0.05, 0) is 36.2 Å². The molecule has 0 aliphatic rings. The zero-order chi connectivity index (χ0) is 16.8. The van der Waals surface area contributed by atoms with Gasteiger partial charge in [-0.25, -0.2) is 0 Å². The van der Waals surface area contributed by atoms with Crippen molar-refractivity contribution in [3.8, 4) is 11.5 Å². The standard InChI is InChI=1S/C18H20ClNO3/c1-4-16(12-5-7-13(19)8-6-12)20-18(21)15-10-9-14(22-2)11-17(15)23-3/h5-11,16H,4H2,1-3H3,(H,20,21). The molecule has 1 N–H and O–H groups in total. The van der Waals surface area contributed by atoms with Crippen molar-refractivity contribution in [1.82, 2.24) is 5.32 Å². The number of benzene rings is 2. The lowest BCUT2D eigenvalue weighted by molar-refractivity contribution is 0.0932. The van der Waals surface area contributed by atoms with Crippen LogP contribution in [0.4, 0.5) is 0 Å². The van der Waals surface area contributed by atoms with E-state index >= 15 is 0 Å². The van der Waals surface area contributed by atoms with Gasteiger partial charge in [-0.1, -0.05) is 30.7 Å². The lowest BCUT2D eigenvalue weighted by atomic mass is 10.0. The molecular formula is C18H20ClNO3. The number of hydrogen-bond donors (Lipinski definition) is 1. The van der Waals surface area contributed by atoms with Crippen LogP contribution in [-0.4, -0.2) is 20.1 Å². The fourth-order valence-electron chi connectivity index (χ4n) is 2.34. The molecule has 23 heavy (non-hydrogen) atoms. The number of ether oxygens (including phenoxy) is 2. The molecule has 1 amide bonds. The molecule has 0 saturated heterocycles. The Balaban J connectivity index is 2.21. The molecule has 1 atom stereocenters. The molecule has 5 heteroatoms. The molecule has 0 radical (unpaired) electrons. The van der Waals surface area contributed by atoms with Gasteiger partial charge in [0.05, 0.1) is 25.8 Å². The summed E-state index contributed by atoms with van der Waals surface area (Å²) in [7, 11) is 3.10. The fraction of sp³-hybridized carbons (Fsp3) is 0.278.